The van der Waals surface area contributed by atoms with Crippen LogP contribution in [0.4, 0.5) is 22.2 Å². The van der Waals surface area contributed by atoms with Crippen molar-refractivity contribution in [3.05, 3.63) is 105 Å². The normalized spacial score (nSPS) is 13.2. The summed E-state index contributed by atoms with van der Waals surface area (Å²) in [4.78, 5) is 44.2. The molecule has 0 atom stereocenters. The van der Waals surface area contributed by atoms with Crippen molar-refractivity contribution in [1.82, 2.24) is 4.98 Å². The topological polar surface area (TPSA) is 138 Å². The van der Waals surface area contributed by atoms with E-state index in [1.54, 1.807) is 53.9 Å². The molecule has 1 aromatic heterocycles. The first-order valence-electron chi connectivity index (χ1n) is 11.9. The molecule has 0 aliphatic carbocycles. The van der Waals surface area contributed by atoms with Crippen molar-refractivity contribution >= 4 is 62.9 Å². The average Bonchev–Trinajstić information content (AvgIpc) is 3.49. The predicted molar refractivity (Wildman–Crippen MR) is 154 cm³/mol. The summed E-state index contributed by atoms with van der Waals surface area (Å²) in [5.74, 6) is -1.60. The van der Waals surface area contributed by atoms with Crippen LogP contribution >= 0.6 is 22.9 Å². The number of carbonyl (C=O) groups excluding carboxylic acids is 3. The quantitative estimate of drug-likeness (QED) is 0.186. The van der Waals surface area contributed by atoms with E-state index in [1.165, 1.54) is 23.5 Å². The van der Waals surface area contributed by atoms with Gasteiger partial charge in [0.2, 0.25) is 0 Å². The number of nitrogens with one attached hydrogen (secondary N) is 2. The maximum atomic E-state index is 13.1. The number of nitrogens with zero attached hydrogens (tertiary/aromatic N) is 3. The van der Waals surface area contributed by atoms with Crippen LogP contribution in [0.5, 0.6) is 0 Å². The Labute approximate surface area is 237 Å². The molecule has 12 heteroatoms. The van der Waals surface area contributed by atoms with Gasteiger partial charge in [0.25, 0.3) is 17.7 Å². The summed E-state index contributed by atoms with van der Waals surface area (Å²) in [6.07, 6.45) is 0. The Hall–Kier alpha value is -4.55. The van der Waals surface area contributed by atoms with Gasteiger partial charge in [-0.05, 0) is 67.4 Å². The minimum absolute atomic E-state index is 0.0505. The maximum Gasteiger partial charge on any atom is 0.283 e. The SMILES string of the molecule is Cc1cccc(N2C(=O)C(Cl)=C(Nc3ccc(C(=O)Nc4nc(-c5cccc(N([O-])O)c5)cs4)cc3)C2=O)c1C. The van der Waals surface area contributed by atoms with Crippen molar-refractivity contribution in [2.45, 2.75) is 13.8 Å². The van der Waals surface area contributed by atoms with Gasteiger partial charge >= 0.3 is 0 Å². The first-order chi connectivity index (χ1) is 19.1. The van der Waals surface area contributed by atoms with Gasteiger partial charge in [-0.25, -0.2) is 9.88 Å². The van der Waals surface area contributed by atoms with Crippen LogP contribution in [0.1, 0.15) is 21.5 Å². The van der Waals surface area contributed by atoms with Gasteiger partial charge in [0.05, 0.1) is 17.1 Å². The molecule has 0 saturated carbocycles. The Morgan fingerprint density at radius 2 is 1.77 bits per heavy atom. The van der Waals surface area contributed by atoms with Crippen molar-refractivity contribution in [2.75, 3.05) is 20.8 Å². The zero-order chi connectivity index (χ0) is 28.6. The summed E-state index contributed by atoms with van der Waals surface area (Å²) in [6.45, 7) is 3.72. The number of hydrogen-bond acceptors (Lipinski definition) is 9. The fourth-order valence-corrected chi connectivity index (χ4v) is 5.00. The van der Waals surface area contributed by atoms with Crippen LogP contribution in [0.3, 0.4) is 0 Å². The first kappa shape index (κ1) is 27.0. The van der Waals surface area contributed by atoms with E-state index < -0.39 is 17.7 Å². The number of imide groups is 1. The van der Waals surface area contributed by atoms with Crippen molar-refractivity contribution in [3.63, 3.8) is 0 Å². The second kappa shape index (κ2) is 10.9. The van der Waals surface area contributed by atoms with E-state index >= 15 is 0 Å². The molecule has 0 bridgehead atoms. The minimum atomic E-state index is -0.616. The highest BCUT2D eigenvalue weighted by molar-refractivity contribution is 7.14. The molecule has 0 spiro atoms. The van der Waals surface area contributed by atoms with Gasteiger partial charge in [-0.2, -0.15) is 0 Å². The molecule has 0 fully saturated rings. The molecule has 3 N–H and O–H groups in total. The molecule has 3 amide bonds. The van der Waals surface area contributed by atoms with E-state index in [0.29, 0.717) is 33.3 Å². The lowest BCUT2D eigenvalue weighted by molar-refractivity contribution is -0.120. The van der Waals surface area contributed by atoms with Gasteiger partial charge < -0.3 is 15.8 Å². The van der Waals surface area contributed by atoms with Crippen molar-refractivity contribution < 1.29 is 19.6 Å². The second-order valence-corrected chi connectivity index (χ2v) is 10.1. The molecule has 4 aromatic rings. The predicted octanol–water partition coefficient (Wildman–Crippen LogP) is 5.81. The van der Waals surface area contributed by atoms with Gasteiger partial charge in [-0.3, -0.25) is 24.9 Å². The smallest absolute Gasteiger partial charge is 0.283 e. The Morgan fingerprint density at radius 1 is 1.05 bits per heavy atom. The molecule has 202 valence electrons. The number of aromatic nitrogens is 1. The Kier molecular flexibility index (Phi) is 7.37. The van der Waals surface area contributed by atoms with Crippen molar-refractivity contribution in [1.29, 1.82) is 0 Å². The fourth-order valence-electron chi connectivity index (χ4n) is 4.07. The fraction of sp³-hybridized carbons (Fsp3) is 0.0714. The Bertz CT molecular complexity index is 1680. The number of halogens is 1. The highest BCUT2D eigenvalue weighted by Crippen LogP contribution is 2.33. The number of aryl methyl sites for hydroxylation is 1. The lowest BCUT2D eigenvalue weighted by atomic mass is 10.1. The molecule has 0 radical (unpaired) electrons. The molecule has 40 heavy (non-hydrogen) atoms. The third kappa shape index (κ3) is 5.18. The van der Waals surface area contributed by atoms with Crippen LogP contribution in [0.25, 0.3) is 11.3 Å². The largest absolute Gasteiger partial charge is 0.733 e. The lowest BCUT2D eigenvalue weighted by Gasteiger charge is -2.21. The molecule has 1 aliphatic rings. The summed E-state index contributed by atoms with van der Waals surface area (Å²) in [6, 6.07) is 17.9. The van der Waals surface area contributed by atoms with E-state index in [4.69, 9.17) is 16.8 Å². The summed E-state index contributed by atoms with van der Waals surface area (Å²) in [7, 11) is 0. The number of benzene rings is 3. The van der Waals surface area contributed by atoms with Crippen LogP contribution in [0.15, 0.2) is 82.8 Å². The molecule has 1 aliphatic heterocycles. The highest BCUT2D eigenvalue weighted by Gasteiger charge is 2.39. The van der Waals surface area contributed by atoms with Gasteiger partial charge in [-0.1, -0.05) is 35.9 Å². The summed E-state index contributed by atoms with van der Waals surface area (Å²) in [5, 5.41) is 27.5. The molecular weight excluding hydrogens is 554 g/mol. The Morgan fingerprint density at radius 3 is 2.50 bits per heavy atom. The second-order valence-electron chi connectivity index (χ2n) is 8.87. The number of thiazole rings is 1. The molecule has 10 nitrogen and oxygen atoms in total. The van der Waals surface area contributed by atoms with Crippen LogP contribution < -0.4 is 20.8 Å². The van der Waals surface area contributed by atoms with Gasteiger partial charge in [0, 0.05) is 22.2 Å². The molecule has 5 rings (SSSR count). The maximum absolute atomic E-state index is 13.1. The zero-order valence-electron chi connectivity index (χ0n) is 21.1. The van der Waals surface area contributed by atoms with E-state index in [2.05, 4.69) is 15.6 Å². The number of anilines is 4. The summed E-state index contributed by atoms with van der Waals surface area (Å²) in [5.41, 5.74) is 4.13. The van der Waals surface area contributed by atoms with Crippen LogP contribution in [-0.4, -0.2) is 27.9 Å². The van der Waals surface area contributed by atoms with Crippen molar-refractivity contribution in [3.8, 4) is 11.3 Å². The monoisotopic (exact) mass is 574 g/mol. The number of amides is 3. The Balaban J connectivity index is 1.27. The minimum Gasteiger partial charge on any atom is -0.733 e. The zero-order valence-corrected chi connectivity index (χ0v) is 22.7. The van der Waals surface area contributed by atoms with Gasteiger partial charge in [0.15, 0.2) is 5.13 Å². The summed E-state index contributed by atoms with van der Waals surface area (Å²) >= 11 is 7.46. The molecule has 0 unspecified atom stereocenters. The molecular formula is C28H21ClN5O5S-. The number of rotatable bonds is 7. The standard InChI is InChI=1S/C28H21ClN5O5S/c1-15-5-3-8-22(16(15)2)33-26(36)23(29)24(27(33)37)30-19-11-9-17(10-12-19)25(35)32-28-31-21(14-40-28)18-6-4-7-20(13-18)34(38)39/h3-14,30,38H,1-2H3,(H,31,32,35)/q-1. The van der Waals surface area contributed by atoms with Crippen molar-refractivity contribution in [2.24, 2.45) is 0 Å². The van der Waals surface area contributed by atoms with E-state index in [1.807, 2.05) is 19.9 Å². The number of hydrogen-bond donors (Lipinski definition) is 3. The molecule has 0 saturated heterocycles. The van der Waals surface area contributed by atoms with Crippen LogP contribution in [-0.2, 0) is 9.59 Å². The third-order valence-electron chi connectivity index (χ3n) is 6.35. The third-order valence-corrected chi connectivity index (χ3v) is 7.46. The van der Waals surface area contributed by atoms with Crippen LogP contribution in [0.2, 0.25) is 0 Å². The van der Waals surface area contributed by atoms with Crippen LogP contribution in [0, 0.1) is 19.1 Å². The first-order valence-corrected chi connectivity index (χ1v) is 13.1. The highest BCUT2D eigenvalue weighted by atomic mass is 35.5. The molecule has 3 aromatic carbocycles. The van der Waals surface area contributed by atoms with Gasteiger partial charge in [-0.15, -0.1) is 11.3 Å². The van der Waals surface area contributed by atoms with E-state index in [0.717, 1.165) is 16.0 Å². The number of carbonyl (C=O) groups is 3. The van der Waals surface area contributed by atoms with E-state index in [9.17, 15) is 19.6 Å². The lowest BCUT2D eigenvalue weighted by Crippen LogP contribution is -2.33. The average molecular weight is 575 g/mol. The molecule has 2 heterocycles. The summed E-state index contributed by atoms with van der Waals surface area (Å²) < 4.78 is 0. The van der Waals surface area contributed by atoms with Gasteiger partial charge in [0.1, 0.15) is 10.7 Å². The van der Waals surface area contributed by atoms with E-state index in [-0.39, 0.29) is 21.6 Å².